The van der Waals surface area contributed by atoms with Crippen LogP contribution < -0.4 is 0 Å². The summed E-state index contributed by atoms with van der Waals surface area (Å²) in [6, 6.07) is 0. The van der Waals surface area contributed by atoms with E-state index >= 15 is 0 Å². The summed E-state index contributed by atoms with van der Waals surface area (Å²) in [5.74, 6) is -0.427. The number of hydrogen-bond acceptors (Lipinski definition) is 3. The van der Waals surface area contributed by atoms with Crippen molar-refractivity contribution in [3.63, 3.8) is 0 Å². The Bertz CT molecular complexity index is 408. The lowest BCUT2D eigenvalue weighted by Gasteiger charge is -2.16. The maximum Gasteiger partial charge on any atom is 0.435 e. The summed E-state index contributed by atoms with van der Waals surface area (Å²) in [6.07, 6.45) is -8.17. The summed E-state index contributed by atoms with van der Waals surface area (Å²) in [5.41, 5.74) is -2.00. The lowest BCUT2D eigenvalue weighted by atomic mass is 10.1. The minimum Gasteiger partial charge on any atom is -0.389 e. The Labute approximate surface area is 105 Å². The number of aliphatic hydroxyl groups excluding tert-OH is 2. The van der Waals surface area contributed by atoms with Gasteiger partial charge in [-0.05, 0) is 0 Å². The molecule has 2 unspecified atom stereocenters. The molecular weight excluding hydrogens is 284 g/mol. The summed E-state index contributed by atoms with van der Waals surface area (Å²) < 4.78 is 38.6. The Morgan fingerprint density at radius 3 is 2.35 bits per heavy atom. The predicted molar refractivity (Wildman–Crippen MR) is 54.9 cm³/mol. The molecule has 1 aromatic heterocycles. The number of aryl methyl sites for hydroxylation is 1. The Hall–Kier alpha value is -0.500. The fraction of sp³-hybridized carbons (Fsp3) is 0.625. The van der Waals surface area contributed by atoms with Crippen molar-refractivity contribution in [2.45, 2.75) is 18.4 Å². The van der Waals surface area contributed by atoms with E-state index in [1.807, 2.05) is 0 Å². The molecule has 0 saturated carbocycles. The first-order valence-electron chi connectivity index (χ1n) is 4.41. The zero-order chi connectivity index (χ0) is 13.4. The van der Waals surface area contributed by atoms with Gasteiger partial charge in [-0.1, -0.05) is 11.6 Å². The van der Waals surface area contributed by atoms with Crippen LogP contribution in [0.25, 0.3) is 0 Å². The largest absolute Gasteiger partial charge is 0.435 e. The second kappa shape index (κ2) is 5.01. The van der Waals surface area contributed by atoms with Crippen molar-refractivity contribution in [1.82, 2.24) is 9.78 Å². The molecular formula is C8H9Cl2F3N2O2. The molecule has 98 valence electrons. The SMILES string of the molecule is Cn1nc(C(F)(F)F)c(C(O)C(O)CCl)c1Cl. The van der Waals surface area contributed by atoms with Gasteiger partial charge in [0.25, 0.3) is 0 Å². The van der Waals surface area contributed by atoms with Crippen LogP contribution in [0.4, 0.5) is 13.2 Å². The molecule has 17 heavy (non-hydrogen) atoms. The summed E-state index contributed by atoms with van der Waals surface area (Å²) in [6.45, 7) is 0. The van der Waals surface area contributed by atoms with Gasteiger partial charge in [-0.25, -0.2) is 0 Å². The summed E-state index contributed by atoms with van der Waals surface area (Å²) in [7, 11) is 1.20. The molecule has 4 nitrogen and oxygen atoms in total. The molecule has 0 aromatic carbocycles. The van der Waals surface area contributed by atoms with Gasteiger partial charge in [-0.15, -0.1) is 11.6 Å². The minimum absolute atomic E-state index is 0.394. The number of aromatic nitrogens is 2. The highest BCUT2D eigenvalue weighted by Gasteiger charge is 2.41. The van der Waals surface area contributed by atoms with E-state index in [1.165, 1.54) is 7.05 Å². The minimum atomic E-state index is -4.77. The second-order valence-electron chi connectivity index (χ2n) is 3.34. The Balaban J connectivity index is 3.31. The van der Waals surface area contributed by atoms with E-state index in [0.717, 1.165) is 4.68 Å². The van der Waals surface area contributed by atoms with Gasteiger partial charge in [-0.2, -0.15) is 18.3 Å². The van der Waals surface area contributed by atoms with Gasteiger partial charge >= 0.3 is 6.18 Å². The van der Waals surface area contributed by atoms with Crippen LogP contribution in [-0.2, 0) is 13.2 Å². The average molecular weight is 293 g/mol. The highest BCUT2D eigenvalue weighted by atomic mass is 35.5. The first-order chi connectivity index (χ1) is 7.70. The molecule has 1 heterocycles. The molecule has 1 aromatic rings. The molecule has 0 spiro atoms. The highest BCUT2D eigenvalue weighted by Crippen LogP contribution is 2.38. The second-order valence-corrected chi connectivity index (χ2v) is 4.01. The molecule has 0 fully saturated rings. The summed E-state index contributed by atoms with van der Waals surface area (Å²) in [5, 5.41) is 21.6. The van der Waals surface area contributed by atoms with Gasteiger partial charge in [0.15, 0.2) is 5.69 Å². The van der Waals surface area contributed by atoms with Crippen LogP contribution in [0, 0.1) is 0 Å². The molecule has 2 atom stereocenters. The molecule has 0 bridgehead atoms. The van der Waals surface area contributed by atoms with Crippen molar-refractivity contribution in [3.05, 3.63) is 16.4 Å². The summed E-state index contributed by atoms with van der Waals surface area (Å²) >= 11 is 10.9. The van der Waals surface area contributed by atoms with E-state index in [0.29, 0.717) is 0 Å². The monoisotopic (exact) mass is 292 g/mol. The standard InChI is InChI=1S/C8H9Cl2F3N2O2/c1-15-7(10)4(5(17)3(16)2-9)6(14-15)8(11,12)13/h3,5,16-17H,2H2,1H3. The van der Waals surface area contributed by atoms with Crippen LogP contribution in [0.15, 0.2) is 0 Å². The fourth-order valence-electron chi connectivity index (χ4n) is 1.27. The predicted octanol–water partition coefficient (Wildman–Crippen LogP) is 1.73. The molecule has 0 aliphatic rings. The lowest BCUT2D eigenvalue weighted by molar-refractivity contribution is -0.143. The third-order valence-corrected chi connectivity index (χ3v) is 2.86. The van der Waals surface area contributed by atoms with Crippen LogP contribution >= 0.6 is 23.2 Å². The van der Waals surface area contributed by atoms with Gasteiger partial charge in [0, 0.05) is 7.05 Å². The molecule has 0 saturated heterocycles. The van der Waals surface area contributed by atoms with E-state index in [2.05, 4.69) is 5.10 Å². The number of aliphatic hydroxyl groups is 2. The van der Waals surface area contributed by atoms with Crippen LogP contribution in [-0.4, -0.2) is 32.0 Å². The van der Waals surface area contributed by atoms with Crippen molar-refractivity contribution in [1.29, 1.82) is 0 Å². The maximum absolute atomic E-state index is 12.6. The quantitative estimate of drug-likeness (QED) is 0.834. The van der Waals surface area contributed by atoms with Gasteiger partial charge < -0.3 is 10.2 Å². The van der Waals surface area contributed by atoms with E-state index in [1.54, 1.807) is 0 Å². The molecule has 9 heteroatoms. The molecule has 0 radical (unpaired) electrons. The topological polar surface area (TPSA) is 58.3 Å². The summed E-state index contributed by atoms with van der Waals surface area (Å²) in [4.78, 5) is 0. The first-order valence-corrected chi connectivity index (χ1v) is 5.33. The zero-order valence-corrected chi connectivity index (χ0v) is 10.1. The molecule has 0 aliphatic heterocycles. The third-order valence-electron chi connectivity index (χ3n) is 2.10. The highest BCUT2D eigenvalue weighted by molar-refractivity contribution is 6.30. The normalized spacial score (nSPS) is 16.0. The van der Waals surface area contributed by atoms with E-state index < -0.39 is 40.7 Å². The number of rotatable bonds is 3. The van der Waals surface area contributed by atoms with Crippen molar-refractivity contribution in [3.8, 4) is 0 Å². The van der Waals surface area contributed by atoms with Gasteiger partial charge in [-0.3, -0.25) is 4.68 Å². The van der Waals surface area contributed by atoms with E-state index in [-0.39, 0.29) is 0 Å². The van der Waals surface area contributed by atoms with Crippen LogP contribution in [0.3, 0.4) is 0 Å². The lowest BCUT2D eigenvalue weighted by Crippen LogP contribution is -2.22. The smallest absolute Gasteiger partial charge is 0.389 e. The third kappa shape index (κ3) is 2.85. The first kappa shape index (κ1) is 14.6. The molecule has 1 rings (SSSR count). The number of hydrogen-bond donors (Lipinski definition) is 2. The maximum atomic E-state index is 12.6. The number of alkyl halides is 4. The van der Waals surface area contributed by atoms with Gasteiger partial charge in [0.05, 0.1) is 17.5 Å². The van der Waals surface area contributed by atoms with Crippen molar-refractivity contribution >= 4 is 23.2 Å². The molecule has 0 aliphatic carbocycles. The molecule has 0 amide bonds. The van der Waals surface area contributed by atoms with Crippen LogP contribution in [0.1, 0.15) is 17.4 Å². The van der Waals surface area contributed by atoms with Crippen molar-refractivity contribution in [2.24, 2.45) is 7.05 Å². The number of halogens is 5. The number of nitrogens with zero attached hydrogens (tertiary/aromatic N) is 2. The van der Waals surface area contributed by atoms with Crippen molar-refractivity contribution in [2.75, 3.05) is 5.88 Å². The Kier molecular flexibility index (Phi) is 4.29. The van der Waals surface area contributed by atoms with Gasteiger partial charge in [0.2, 0.25) is 0 Å². The van der Waals surface area contributed by atoms with Crippen molar-refractivity contribution < 1.29 is 23.4 Å². The fourth-order valence-corrected chi connectivity index (χ4v) is 1.68. The zero-order valence-electron chi connectivity index (χ0n) is 8.54. The molecule has 2 N–H and O–H groups in total. The van der Waals surface area contributed by atoms with Gasteiger partial charge in [0.1, 0.15) is 11.3 Å². The van der Waals surface area contributed by atoms with E-state index in [4.69, 9.17) is 23.2 Å². The Morgan fingerprint density at radius 1 is 1.41 bits per heavy atom. The van der Waals surface area contributed by atoms with E-state index in [9.17, 15) is 23.4 Å². The van der Waals surface area contributed by atoms with Crippen LogP contribution in [0.5, 0.6) is 0 Å². The Morgan fingerprint density at radius 2 is 1.94 bits per heavy atom. The van der Waals surface area contributed by atoms with Crippen LogP contribution in [0.2, 0.25) is 5.15 Å². The average Bonchev–Trinajstić information content (AvgIpc) is 2.53.